The van der Waals surface area contributed by atoms with Crippen molar-refractivity contribution in [3.8, 4) is 0 Å². The van der Waals surface area contributed by atoms with E-state index in [0.29, 0.717) is 19.4 Å². The van der Waals surface area contributed by atoms with Crippen LogP contribution in [-0.2, 0) is 20.8 Å². The predicted octanol–water partition coefficient (Wildman–Crippen LogP) is 2.02. The zero-order chi connectivity index (χ0) is 21.0. The predicted molar refractivity (Wildman–Crippen MR) is 112 cm³/mol. The quantitative estimate of drug-likeness (QED) is 0.640. The van der Waals surface area contributed by atoms with Gasteiger partial charge in [-0.1, -0.05) is 28.1 Å². The fourth-order valence-electron chi connectivity index (χ4n) is 4.24. The van der Waals surface area contributed by atoms with Crippen molar-refractivity contribution >= 4 is 33.7 Å². The number of benzene rings is 1. The number of rotatable bonds is 7. The molecule has 7 nitrogen and oxygen atoms in total. The van der Waals surface area contributed by atoms with Gasteiger partial charge in [-0.05, 0) is 55.7 Å². The number of amides is 2. The fourth-order valence-corrected chi connectivity index (χ4v) is 4.51. The van der Waals surface area contributed by atoms with E-state index in [1.165, 1.54) is 4.90 Å². The molecule has 0 saturated carbocycles. The summed E-state index contributed by atoms with van der Waals surface area (Å²) in [5, 5.41) is 9.59. The molecule has 1 aromatic rings. The maximum atomic E-state index is 12.8. The van der Waals surface area contributed by atoms with E-state index in [0.717, 1.165) is 36.0 Å². The van der Waals surface area contributed by atoms with Crippen LogP contribution in [0.15, 0.2) is 28.7 Å². The maximum absolute atomic E-state index is 12.8. The second-order valence-electron chi connectivity index (χ2n) is 8.01. The van der Waals surface area contributed by atoms with E-state index in [4.69, 9.17) is 5.73 Å². The monoisotopic (exact) mass is 465 g/mol. The molecular formula is C21H28BrN3O4. The van der Waals surface area contributed by atoms with Gasteiger partial charge in [0.05, 0.1) is 6.04 Å². The van der Waals surface area contributed by atoms with Crippen molar-refractivity contribution < 1.29 is 19.5 Å². The molecule has 0 spiro atoms. The number of nitrogens with two attached hydrogens (primary N) is 1. The highest BCUT2D eigenvalue weighted by atomic mass is 79.9. The van der Waals surface area contributed by atoms with Gasteiger partial charge in [-0.25, -0.2) is 4.79 Å². The van der Waals surface area contributed by atoms with Crippen LogP contribution in [0.2, 0.25) is 0 Å². The van der Waals surface area contributed by atoms with Crippen LogP contribution >= 0.6 is 15.9 Å². The van der Waals surface area contributed by atoms with Gasteiger partial charge in [-0.15, -0.1) is 0 Å². The van der Waals surface area contributed by atoms with Gasteiger partial charge in [0, 0.05) is 30.5 Å². The number of likely N-dealkylation sites (tertiary alicyclic amines) is 2. The molecule has 0 aromatic heterocycles. The van der Waals surface area contributed by atoms with Crippen LogP contribution in [0.25, 0.3) is 0 Å². The summed E-state index contributed by atoms with van der Waals surface area (Å²) in [7, 11) is 0. The Hall–Kier alpha value is -1.93. The zero-order valence-corrected chi connectivity index (χ0v) is 18.0. The first kappa shape index (κ1) is 21.8. The summed E-state index contributed by atoms with van der Waals surface area (Å²) in [6.45, 7) is 1.92. The summed E-state index contributed by atoms with van der Waals surface area (Å²) in [5.41, 5.74) is 7.17. The van der Waals surface area contributed by atoms with Crippen molar-refractivity contribution in [2.45, 2.75) is 50.6 Å². The van der Waals surface area contributed by atoms with Crippen LogP contribution in [0.3, 0.4) is 0 Å². The van der Waals surface area contributed by atoms with Gasteiger partial charge in [-0.3, -0.25) is 9.59 Å². The Labute approximate surface area is 179 Å². The van der Waals surface area contributed by atoms with Gasteiger partial charge < -0.3 is 20.6 Å². The van der Waals surface area contributed by atoms with Gasteiger partial charge in [0.25, 0.3) is 0 Å². The topological polar surface area (TPSA) is 104 Å². The highest BCUT2D eigenvalue weighted by Gasteiger charge is 2.41. The molecule has 0 aliphatic carbocycles. The first-order chi connectivity index (χ1) is 13.8. The summed E-state index contributed by atoms with van der Waals surface area (Å²) in [6.07, 6.45) is 3.63. The molecule has 3 N–H and O–H groups in total. The van der Waals surface area contributed by atoms with E-state index in [-0.39, 0.29) is 30.6 Å². The van der Waals surface area contributed by atoms with Crippen molar-refractivity contribution in [2.24, 2.45) is 11.7 Å². The minimum absolute atomic E-state index is 0.0232. The van der Waals surface area contributed by atoms with Gasteiger partial charge in [-0.2, -0.15) is 0 Å². The molecule has 3 atom stereocenters. The van der Waals surface area contributed by atoms with Crippen molar-refractivity contribution in [1.29, 1.82) is 0 Å². The molecule has 2 aliphatic rings. The molecule has 2 amide bonds. The highest BCUT2D eigenvalue weighted by molar-refractivity contribution is 9.10. The third-order valence-corrected chi connectivity index (χ3v) is 6.37. The number of carboxylic acids is 1. The Kier molecular flexibility index (Phi) is 7.29. The van der Waals surface area contributed by atoms with E-state index in [1.54, 1.807) is 4.90 Å². The molecule has 2 heterocycles. The van der Waals surface area contributed by atoms with Crippen LogP contribution in [0.5, 0.6) is 0 Å². The molecule has 8 heteroatoms. The second kappa shape index (κ2) is 9.71. The molecule has 3 rings (SSSR count). The number of halogens is 1. The first-order valence-electron chi connectivity index (χ1n) is 10.2. The average Bonchev–Trinajstić information content (AvgIpc) is 3.37. The van der Waals surface area contributed by atoms with Crippen molar-refractivity contribution in [3.05, 3.63) is 34.3 Å². The minimum atomic E-state index is -1.00. The molecular weight excluding hydrogens is 438 g/mol. The van der Waals surface area contributed by atoms with Crippen LogP contribution in [0.1, 0.15) is 37.7 Å². The Balaban J connectivity index is 1.57. The third kappa shape index (κ3) is 5.57. The normalized spacial score (nSPS) is 22.7. The van der Waals surface area contributed by atoms with E-state index < -0.39 is 18.1 Å². The second-order valence-corrected chi connectivity index (χ2v) is 8.93. The zero-order valence-electron chi connectivity index (χ0n) is 16.4. The molecule has 0 radical (unpaired) electrons. The largest absolute Gasteiger partial charge is 0.480 e. The molecule has 29 heavy (non-hydrogen) atoms. The lowest BCUT2D eigenvalue weighted by Gasteiger charge is -2.25. The third-order valence-electron chi connectivity index (χ3n) is 5.84. The van der Waals surface area contributed by atoms with Crippen LogP contribution in [0, 0.1) is 5.92 Å². The van der Waals surface area contributed by atoms with Gasteiger partial charge in [0.2, 0.25) is 11.8 Å². The molecule has 2 saturated heterocycles. The number of hydrogen-bond donors (Lipinski definition) is 2. The SMILES string of the molecule is NC(CCC(=O)N1CCCC1)C(=O)N1C[C@H](Cc2ccc(Br)cc2)C[C@H]1C(=O)O. The summed E-state index contributed by atoms with van der Waals surface area (Å²) < 4.78 is 0.988. The van der Waals surface area contributed by atoms with E-state index in [2.05, 4.69) is 15.9 Å². The maximum Gasteiger partial charge on any atom is 0.326 e. The molecule has 158 valence electrons. The van der Waals surface area contributed by atoms with Crippen LogP contribution < -0.4 is 5.73 Å². The Bertz CT molecular complexity index is 749. The van der Waals surface area contributed by atoms with Crippen LogP contribution in [-0.4, -0.2) is 64.4 Å². The van der Waals surface area contributed by atoms with Crippen LogP contribution in [0.4, 0.5) is 0 Å². The highest BCUT2D eigenvalue weighted by Crippen LogP contribution is 2.28. The number of carbonyl (C=O) groups is 3. The molecule has 0 bridgehead atoms. The summed E-state index contributed by atoms with van der Waals surface area (Å²) in [5.74, 6) is -1.28. The van der Waals surface area contributed by atoms with Crippen molar-refractivity contribution in [3.63, 3.8) is 0 Å². The average molecular weight is 466 g/mol. The molecule has 2 aliphatic heterocycles. The van der Waals surface area contributed by atoms with E-state index >= 15 is 0 Å². The van der Waals surface area contributed by atoms with E-state index in [1.807, 2.05) is 24.3 Å². The van der Waals surface area contributed by atoms with Crippen molar-refractivity contribution in [1.82, 2.24) is 9.80 Å². The summed E-state index contributed by atoms with van der Waals surface area (Å²) in [4.78, 5) is 40.0. The number of aliphatic carboxylic acids is 1. The standard InChI is InChI=1S/C21H28BrN3O4/c22-16-5-3-14(4-6-16)11-15-12-18(21(28)29)25(13-15)20(27)17(23)7-8-19(26)24-9-1-2-10-24/h3-6,15,17-18H,1-2,7-13,23H2,(H,28,29)/t15-,17?,18+/m1/s1. The smallest absolute Gasteiger partial charge is 0.326 e. The number of carbonyl (C=O) groups excluding carboxylic acids is 2. The number of hydrogen-bond acceptors (Lipinski definition) is 4. The minimum Gasteiger partial charge on any atom is -0.480 e. The van der Waals surface area contributed by atoms with Gasteiger partial charge in [0.15, 0.2) is 0 Å². The fraction of sp³-hybridized carbons (Fsp3) is 0.571. The lowest BCUT2D eigenvalue weighted by molar-refractivity contribution is -0.148. The molecule has 1 unspecified atom stereocenters. The number of nitrogens with zero attached hydrogens (tertiary/aromatic N) is 2. The Morgan fingerprint density at radius 3 is 2.45 bits per heavy atom. The van der Waals surface area contributed by atoms with Gasteiger partial charge in [0.1, 0.15) is 6.04 Å². The Morgan fingerprint density at radius 1 is 1.17 bits per heavy atom. The molecule has 2 fully saturated rings. The summed E-state index contributed by atoms with van der Waals surface area (Å²) in [6, 6.07) is 6.20. The number of carboxylic acid groups (broad SMARTS) is 1. The molecule has 1 aromatic carbocycles. The van der Waals surface area contributed by atoms with Gasteiger partial charge >= 0.3 is 5.97 Å². The lowest BCUT2D eigenvalue weighted by Crippen LogP contribution is -2.48. The van der Waals surface area contributed by atoms with E-state index in [9.17, 15) is 19.5 Å². The summed E-state index contributed by atoms with van der Waals surface area (Å²) >= 11 is 3.41. The first-order valence-corrected chi connectivity index (χ1v) is 11.0. The van der Waals surface area contributed by atoms with Crippen molar-refractivity contribution in [2.75, 3.05) is 19.6 Å². The Morgan fingerprint density at radius 2 is 1.83 bits per heavy atom. The lowest BCUT2D eigenvalue weighted by atomic mass is 9.97.